The molecule has 0 spiro atoms. The first-order valence-electron chi connectivity index (χ1n) is 6.78. The average Bonchev–Trinajstić information content (AvgIpc) is 2.78. The van der Waals surface area contributed by atoms with Crippen molar-refractivity contribution in [3.8, 4) is 0 Å². The van der Waals surface area contributed by atoms with E-state index in [0.29, 0.717) is 11.3 Å². The summed E-state index contributed by atoms with van der Waals surface area (Å²) in [5.41, 5.74) is 0.149. The number of carboxylic acid groups (broad SMARTS) is 1. The SMILES string of the molecule is CC(Sc1ccccc1C(=O)O)C(=O)NC1CCS(=O)(=O)C1. The fourth-order valence-corrected chi connectivity index (χ4v) is 4.89. The molecule has 1 aliphatic heterocycles. The van der Waals surface area contributed by atoms with Crippen LogP contribution in [0.4, 0.5) is 0 Å². The number of aromatic carboxylic acids is 1. The fourth-order valence-electron chi connectivity index (χ4n) is 2.22. The summed E-state index contributed by atoms with van der Waals surface area (Å²) in [6.45, 7) is 1.67. The van der Waals surface area contributed by atoms with Gasteiger partial charge in [-0.3, -0.25) is 4.79 Å². The van der Waals surface area contributed by atoms with Crippen LogP contribution in [0.25, 0.3) is 0 Å². The third-order valence-electron chi connectivity index (χ3n) is 3.37. The van der Waals surface area contributed by atoms with Gasteiger partial charge in [-0.2, -0.15) is 0 Å². The highest BCUT2D eigenvalue weighted by molar-refractivity contribution is 8.00. The van der Waals surface area contributed by atoms with E-state index in [-0.39, 0.29) is 29.0 Å². The van der Waals surface area contributed by atoms with E-state index in [9.17, 15) is 18.0 Å². The van der Waals surface area contributed by atoms with E-state index in [4.69, 9.17) is 5.11 Å². The quantitative estimate of drug-likeness (QED) is 0.779. The summed E-state index contributed by atoms with van der Waals surface area (Å²) >= 11 is 1.15. The van der Waals surface area contributed by atoms with Crippen LogP contribution in [-0.2, 0) is 14.6 Å². The first kappa shape index (κ1) is 16.8. The predicted octanol–water partition coefficient (Wildman–Crippen LogP) is 1.17. The monoisotopic (exact) mass is 343 g/mol. The Kier molecular flexibility index (Phi) is 5.12. The Morgan fingerprint density at radius 1 is 1.36 bits per heavy atom. The number of benzene rings is 1. The fraction of sp³-hybridized carbons (Fsp3) is 0.429. The molecule has 0 bridgehead atoms. The molecule has 1 saturated heterocycles. The van der Waals surface area contributed by atoms with Gasteiger partial charge in [0.1, 0.15) is 0 Å². The third-order valence-corrected chi connectivity index (χ3v) is 6.31. The zero-order valence-corrected chi connectivity index (χ0v) is 13.6. The summed E-state index contributed by atoms with van der Waals surface area (Å²) in [6.07, 6.45) is 0.428. The number of sulfone groups is 1. The summed E-state index contributed by atoms with van der Waals surface area (Å²) in [5.74, 6) is -1.26. The number of nitrogens with one attached hydrogen (secondary N) is 1. The van der Waals surface area contributed by atoms with Crippen LogP contribution in [0.2, 0.25) is 0 Å². The van der Waals surface area contributed by atoms with Crippen molar-refractivity contribution in [2.24, 2.45) is 0 Å². The molecule has 0 saturated carbocycles. The van der Waals surface area contributed by atoms with Crippen LogP contribution in [0, 0.1) is 0 Å². The summed E-state index contributed by atoms with van der Waals surface area (Å²) in [6, 6.07) is 6.12. The smallest absolute Gasteiger partial charge is 0.336 e. The Bertz CT molecular complexity index is 686. The van der Waals surface area contributed by atoms with Crippen molar-refractivity contribution in [1.82, 2.24) is 5.32 Å². The lowest BCUT2D eigenvalue weighted by atomic mass is 10.2. The van der Waals surface area contributed by atoms with E-state index < -0.39 is 21.1 Å². The molecular formula is C14H17NO5S2. The summed E-state index contributed by atoms with van der Waals surface area (Å²) in [7, 11) is -3.04. The van der Waals surface area contributed by atoms with Crippen LogP contribution in [0.15, 0.2) is 29.2 Å². The highest BCUT2D eigenvalue weighted by Gasteiger charge is 2.30. The second-order valence-electron chi connectivity index (χ2n) is 5.17. The van der Waals surface area contributed by atoms with Crippen molar-refractivity contribution < 1.29 is 23.1 Å². The number of hydrogen-bond acceptors (Lipinski definition) is 5. The van der Waals surface area contributed by atoms with Gasteiger partial charge in [-0.05, 0) is 25.5 Å². The minimum absolute atomic E-state index is 0.0260. The van der Waals surface area contributed by atoms with E-state index in [0.717, 1.165) is 11.8 Å². The molecule has 2 unspecified atom stereocenters. The van der Waals surface area contributed by atoms with Gasteiger partial charge in [0.05, 0.1) is 22.3 Å². The minimum atomic E-state index is -3.04. The van der Waals surface area contributed by atoms with Crippen LogP contribution in [0.5, 0.6) is 0 Å². The first-order valence-corrected chi connectivity index (χ1v) is 9.48. The number of hydrogen-bond donors (Lipinski definition) is 2. The number of amides is 1. The molecular weight excluding hydrogens is 326 g/mol. The lowest BCUT2D eigenvalue weighted by Crippen LogP contribution is -2.39. The molecule has 0 aromatic heterocycles. The van der Waals surface area contributed by atoms with Gasteiger partial charge >= 0.3 is 5.97 Å². The molecule has 2 N–H and O–H groups in total. The van der Waals surface area contributed by atoms with Crippen LogP contribution >= 0.6 is 11.8 Å². The van der Waals surface area contributed by atoms with Crippen LogP contribution in [0.1, 0.15) is 23.7 Å². The van der Waals surface area contributed by atoms with Gasteiger partial charge in [0.2, 0.25) is 5.91 Å². The van der Waals surface area contributed by atoms with Crippen molar-refractivity contribution in [1.29, 1.82) is 0 Å². The number of carboxylic acids is 1. The van der Waals surface area contributed by atoms with Crippen LogP contribution < -0.4 is 5.32 Å². The second kappa shape index (κ2) is 6.70. The van der Waals surface area contributed by atoms with Gasteiger partial charge in [0.25, 0.3) is 0 Å². The van der Waals surface area contributed by atoms with E-state index in [1.165, 1.54) is 6.07 Å². The maximum absolute atomic E-state index is 12.1. The highest BCUT2D eigenvalue weighted by Crippen LogP contribution is 2.27. The summed E-state index contributed by atoms with van der Waals surface area (Å²) in [4.78, 5) is 23.8. The molecule has 1 aromatic rings. The predicted molar refractivity (Wildman–Crippen MR) is 83.9 cm³/mol. The molecule has 0 radical (unpaired) electrons. The van der Waals surface area contributed by atoms with Crippen molar-refractivity contribution in [3.05, 3.63) is 29.8 Å². The van der Waals surface area contributed by atoms with E-state index >= 15 is 0 Å². The Labute approximate surface area is 133 Å². The molecule has 8 heteroatoms. The van der Waals surface area contributed by atoms with Crippen molar-refractivity contribution >= 4 is 33.5 Å². The molecule has 1 fully saturated rings. The van der Waals surface area contributed by atoms with Gasteiger partial charge < -0.3 is 10.4 Å². The normalized spacial score (nSPS) is 21.2. The van der Waals surface area contributed by atoms with Crippen molar-refractivity contribution in [2.45, 2.75) is 29.5 Å². The van der Waals surface area contributed by atoms with Crippen LogP contribution in [0.3, 0.4) is 0 Å². The maximum Gasteiger partial charge on any atom is 0.336 e. The van der Waals surface area contributed by atoms with E-state index in [1.54, 1.807) is 25.1 Å². The minimum Gasteiger partial charge on any atom is -0.478 e. The van der Waals surface area contributed by atoms with Crippen molar-refractivity contribution in [3.63, 3.8) is 0 Å². The molecule has 1 amide bonds. The lowest BCUT2D eigenvalue weighted by molar-refractivity contribution is -0.120. The molecule has 6 nitrogen and oxygen atoms in total. The number of rotatable bonds is 5. The molecule has 2 rings (SSSR count). The Balaban J connectivity index is 1.99. The molecule has 0 aliphatic carbocycles. The lowest BCUT2D eigenvalue weighted by Gasteiger charge is -2.16. The Morgan fingerprint density at radius 3 is 2.64 bits per heavy atom. The number of carbonyl (C=O) groups is 2. The maximum atomic E-state index is 12.1. The molecule has 1 heterocycles. The topological polar surface area (TPSA) is 101 Å². The first-order chi connectivity index (χ1) is 10.3. The largest absolute Gasteiger partial charge is 0.478 e. The van der Waals surface area contributed by atoms with E-state index in [2.05, 4.69) is 5.32 Å². The summed E-state index contributed by atoms with van der Waals surface area (Å²) < 4.78 is 22.8. The molecule has 22 heavy (non-hydrogen) atoms. The van der Waals surface area contributed by atoms with Gasteiger partial charge in [0, 0.05) is 10.9 Å². The Hall–Kier alpha value is -1.54. The zero-order chi connectivity index (χ0) is 16.3. The number of thioether (sulfide) groups is 1. The van der Waals surface area contributed by atoms with Gasteiger partial charge in [-0.1, -0.05) is 12.1 Å². The van der Waals surface area contributed by atoms with Gasteiger partial charge in [-0.15, -0.1) is 11.8 Å². The standard InChI is InChI=1S/C14H17NO5S2/c1-9(13(16)15-10-6-7-22(19,20)8-10)21-12-5-3-2-4-11(12)14(17)18/h2-5,9-10H,6-8H2,1H3,(H,15,16)(H,17,18). The highest BCUT2D eigenvalue weighted by atomic mass is 32.2. The van der Waals surface area contributed by atoms with Gasteiger partial charge in [0.15, 0.2) is 9.84 Å². The van der Waals surface area contributed by atoms with Gasteiger partial charge in [-0.25, -0.2) is 13.2 Å². The molecule has 1 aliphatic rings. The molecule has 1 aromatic carbocycles. The molecule has 120 valence electrons. The van der Waals surface area contributed by atoms with Crippen LogP contribution in [-0.4, -0.2) is 48.2 Å². The zero-order valence-electron chi connectivity index (χ0n) is 12.0. The average molecular weight is 343 g/mol. The molecule has 2 atom stereocenters. The second-order valence-corrected chi connectivity index (χ2v) is 8.78. The van der Waals surface area contributed by atoms with E-state index in [1.807, 2.05) is 0 Å². The third kappa shape index (κ3) is 4.23. The Morgan fingerprint density at radius 2 is 2.05 bits per heavy atom. The van der Waals surface area contributed by atoms with Crippen molar-refractivity contribution in [2.75, 3.05) is 11.5 Å². The number of carbonyl (C=O) groups excluding carboxylic acids is 1. The summed E-state index contributed by atoms with van der Waals surface area (Å²) in [5, 5.41) is 11.3.